The van der Waals surface area contributed by atoms with Crippen molar-refractivity contribution in [3.05, 3.63) is 59.4 Å². The van der Waals surface area contributed by atoms with Crippen LogP contribution in [0, 0.1) is 29.1 Å². The largest absolute Gasteiger partial charge is 0.513 e. The van der Waals surface area contributed by atoms with Crippen LogP contribution in [0.1, 0.15) is 28.9 Å². The Bertz CT molecular complexity index is 1120. The molecule has 1 N–H and O–H groups in total. The Morgan fingerprint density at radius 3 is 2.03 bits per heavy atom. The lowest BCUT2D eigenvalue weighted by Gasteiger charge is -2.24. The lowest BCUT2D eigenvalue weighted by Crippen LogP contribution is -2.37. The second kappa shape index (κ2) is 9.44. The number of hydrogen-bond acceptors (Lipinski definition) is 5. The number of rotatable bonds is 8. The third kappa shape index (κ3) is 5.48. The molecule has 0 fully saturated rings. The number of carbonyl (C=O) groups is 1. The van der Waals surface area contributed by atoms with Gasteiger partial charge in [0, 0.05) is 8.22 Å². The van der Waals surface area contributed by atoms with Crippen LogP contribution in [-0.4, -0.2) is 18.1 Å². The maximum Gasteiger partial charge on any atom is 0.513 e. The highest BCUT2D eigenvalue weighted by Crippen LogP contribution is 2.47. The number of ether oxygens (including phenoxy) is 1. The molecule has 0 saturated heterocycles. The predicted molar refractivity (Wildman–Crippen MR) is 95.4 cm³/mol. The summed E-state index contributed by atoms with van der Waals surface area (Å²) in [5.41, 5.74) is 0. The lowest BCUT2D eigenvalue weighted by atomic mass is 10.3. The molecule has 164 valence electrons. The first-order valence-corrected chi connectivity index (χ1v) is 9.45. The van der Waals surface area contributed by atoms with Crippen LogP contribution < -0.4 is 14.1 Å². The Kier molecular flexibility index (Phi) is 5.06. The fraction of sp³-hybridized carbons (Fsp3) is 0.278. The van der Waals surface area contributed by atoms with Gasteiger partial charge in [-0.2, -0.15) is 13.9 Å². The molecule has 0 aromatic heterocycles. The average Bonchev–Trinajstić information content (AvgIpc) is 2.76. The Balaban J connectivity index is 2.44. The summed E-state index contributed by atoms with van der Waals surface area (Å²) >= 11 is 0. The zero-order valence-corrected chi connectivity index (χ0v) is 15.8. The number of para-hydroxylation sites is 1. The maximum atomic E-state index is 14.1. The molecule has 0 unspecified atom stereocenters. The monoisotopic (exact) mass is 459 g/mol. The van der Waals surface area contributed by atoms with Crippen molar-refractivity contribution in [2.24, 2.45) is 0 Å². The highest BCUT2D eigenvalue weighted by Gasteiger charge is 2.38. The van der Waals surface area contributed by atoms with Crippen molar-refractivity contribution in [2.45, 2.75) is 32.8 Å². The molecular weight excluding hydrogens is 436 g/mol. The number of esters is 1. The SMILES string of the molecule is [2H]C([2H])([2H])C(OC(=O)[C@@H](C)N[P@](=O)(Oc1ccccc1)Oc1c(F)c(F)c(F)c(F)c1F)C([2H])([2H])[2H]. The van der Waals surface area contributed by atoms with Gasteiger partial charge in [-0.1, -0.05) is 18.2 Å². The lowest BCUT2D eigenvalue weighted by molar-refractivity contribution is -0.149. The van der Waals surface area contributed by atoms with E-state index >= 15 is 0 Å². The van der Waals surface area contributed by atoms with Gasteiger partial charge < -0.3 is 13.8 Å². The van der Waals surface area contributed by atoms with Crippen molar-refractivity contribution >= 4 is 13.7 Å². The minimum Gasteiger partial charge on any atom is -0.462 e. The van der Waals surface area contributed by atoms with Crippen LogP contribution in [0.2, 0.25) is 0 Å². The van der Waals surface area contributed by atoms with Crippen molar-refractivity contribution in [1.82, 2.24) is 5.09 Å². The molecule has 2 atom stereocenters. The number of benzene rings is 2. The summed E-state index contributed by atoms with van der Waals surface area (Å²) in [6.07, 6.45) is -2.62. The highest BCUT2D eigenvalue weighted by atomic mass is 31.2. The first-order valence-electron chi connectivity index (χ1n) is 10.9. The van der Waals surface area contributed by atoms with Crippen molar-refractivity contribution in [1.29, 1.82) is 0 Å². The van der Waals surface area contributed by atoms with Crippen LogP contribution in [0.5, 0.6) is 11.5 Å². The molecule has 0 radical (unpaired) electrons. The topological polar surface area (TPSA) is 73.9 Å². The van der Waals surface area contributed by atoms with Crippen LogP contribution in [0.3, 0.4) is 0 Å². The number of nitrogens with one attached hydrogen (secondary N) is 1. The van der Waals surface area contributed by atoms with Crippen LogP contribution in [-0.2, 0) is 14.1 Å². The summed E-state index contributed by atoms with van der Waals surface area (Å²) < 4.78 is 140. The Labute approximate surface area is 177 Å². The molecule has 2 aromatic rings. The molecule has 0 aliphatic rings. The van der Waals surface area contributed by atoms with Gasteiger partial charge in [0.2, 0.25) is 34.8 Å². The summed E-state index contributed by atoms with van der Waals surface area (Å²) in [6.45, 7) is -5.77. The van der Waals surface area contributed by atoms with Gasteiger partial charge in [-0.25, -0.2) is 17.7 Å². The van der Waals surface area contributed by atoms with Crippen LogP contribution >= 0.6 is 7.75 Å². The molecule has 30 heavy (non-hydrogen) atoms. The fourth-order valence-electron chi connectivity index (χ4n) is 1.98. The van der Waals surface area contributed by atoms with E-state index in [2.05, 4.69) is 9.26 Å². The third-order valence-electron chi connectivity index (χ3n) is 3.29. The summed E-state index contributed by atoms with van der Waals surface area (Å²) in [6, 6.07) is 4.50. The van der Waals surface area contributed by atoms with Crippen LogP contribution in [0.25, 0.3) is 0 Å². The molecule has 0 aliphatic carbocycles. The van der Waals surface area contributed by atoms with E-state index in [0.717, 1.165) is 19.1 Å². The van der Waals surface area contributed by atoms with Gasteiger partial charge in [0.25, 0.3) is 0 Å². The summed E-state index contributed by atoms with van der Waals surface area (Å²) in [5.74, 6) is -16.4. The highest BCUT2D eigenvalue weighted by molar-refractivity contribution is 7.52. The zero-order valence-electron chi connectivity index (χ0n) is 20.9. The minimum absolute atomic E-state index is 0.319. The second-order valence-electron chi connectivity index (χ2n) is 5.56. The number of hydrogen-bond donors (Lipinski definition) is 1. The van der Waals surface area contributed by atoms with Gasteiger partial charge in [0.1, 0.15) is 11.8 Å². The summed E-state index contributed by atoms with van der Waals surface area (Å²) in [7, 11) is -5.27. The van der Waals surface area contributed by atoms with E-state index in [1.807, 2.05) is 0 Å². The first kappa shape index (κ1) is 16.1. The first-order chi connectivity index (χ1) is 16.4. The zero-order chi connectivity index (χ0) is 27.6. The van der Waals surface area contributed by atoms with Crippen molar-refractivity contribution in [3.63, 3.8) is 0 Å². The van der Waals surface area contributed by atoms with Gasteiger partial charge in [0.05, 0.1) is 6.10 Å². The van der Waals surface area contributed by atoms with Crippen LogP contribution in [0.15, 0.2) is 30.3 Å². The van der Waals surface area contributed by atoms with E-state index < -0.39 is 74.4 Å². The molecule has 0 spiro atoms. The van der Waals surface area contributed by atoms with Gasteiger partial charge >= 0.3 is 13.7 Å². The third-order valence-corrected chi connectivity index (χ3v) is 4.87. The van der Waals surface area contributed by atoms with Crippen molar-refractivity contribution in [2.75, 3.05) is 0 Å². The molecule has 0 amide bonds. The number of carbonyl (C=O) groups excluding carboxylic acids is 1. The molecule has 2 aromatic carbocycles. The average molecular weight is 459 g/mol. The molecule has 12 heteroatoms. The van der Waals surface area contributed by atoms with Gasteiger partial charge in [-0.3, -0.25) is 4.79 Å². The van der Waals surface area contributed by atoms with Gasteiger partial charge in [-0.05, 0) is 32.8 Å². The Hall–Kier alpha value is -2.65. The molecule has 6 nitrogen and oxygen atoms in total. The van der Waals surface area contributed by atoms with Crippen LogP contribution in [0.4, 0.5) is 22.0 Å². The normalized spacial score (nSPS) is 18.0. The van der Waals surface area contributed by atoms with Gasteiger partial charge in [-0.15, -0.1) is 0 Å². The van der Waals surface area contributed by atoms with E-state index in [1.54, 1.807) is 5.09 Å². The predicted octanol–water partition coefficient (Wildman–Crippen LogP) is 4.88. The Morgan fingerprint density at radius 2 is 1.50 bits per heavy atom. The van der Waals surface area contributed by atoms with Crippen molar-refractivity contribution < 1.29 is 53.3 Å². The fourth-order valence-corrected chi connectivity index (χ4v) is 3.51. The van der Waals surface area contributed by atoms with E-state index in [4.69, 9.17) is 12.7 Å². The van der Waals surface area contributed by atoms with Crippen molar-refractivity contribution in [3.8, 4) is 11.5 Å². The van der Waals surface area contributed by atoms with E-state index in [-0.39, 0.29) is 5.75 Å². The minimum atomic E-state index is -5.27. The summed E-state index contributed by atoms with van der Waals surface area (Å²) in [4.78, 5) is 12.4. The number of halogens is 5. The quantitative estimate of drug-likeness (QED) is 0.200. The molecule has 0 saturated carbocycles. The standard InChI is InChI=1S/C18H17F5NO5P/c1-9(2)27-18(25)10(3)24-30(26,28-11-7-5-4-6-8-11)29-17-15(22)13(20)12(19)14(21)16(17)23/h4-10H,1-3H3,(H,24,26)/t10-,30+/m1/s1/i1D3,2D3. The van der Waals surface area contributed by atoms with E-state index in [9.17, 15) is 31.3 Å². The molecule has 0 heterocycles. The van der Waals surface area contributed by atoms with E-state index in [0.29, 0.717) is 0 Å². The molecule has 0 aliphatic heterocycles. The second-order valence-corrected chi connectivity index (χ2v) is 7.18. The Morgan fingerprint density at radius 1 is 0.967 bits per heavy atom. The maximum absolute atomic E-state index is 14.1. The smallest absolute Gasteiger partial charge is 0.462 e. The molecule has 0 bridgehead atoms. The summed E-state index contributed by atoms with van der Waals surface area (Å²) in [5, 5.41) is 1.80. The molecular formula is C18H17F5NO5P. The van der Waals surface area contributed by atoms with Gasteiger partial charge in [0.15, 0.2) is 0 Å². The molecule has 2 rings (SSSR count). The van der Waals surface area contributed by atoms with E-state index in [1.165, 1.54) is 18.2 Å².